The van der Waals surface area contributed by atoms with E-state index < -0.39 is 6.29 Å². The fourth-order valence-corrected chi connectivity index (χ4v) is 1.32. The number of carbonyl (C=O) groups is 1. The molecule has 2 aliphatic rings. The Kier molecular flexibility index (Phi) is 1.86. The molecule has 0 aliphatic carbocycles. The normalized spacial score (nSPS) is 38.2. The highest BCUT2D eigenvalue weighted by Crippen LogP contribution is 2.23. The van der Waals surface area contributed by atoms with Gasteiger partial charge >= 0.3 is 5.97 Å². The van der Waals surface area contributed by atoms with E-state index in [1.807, 2.05) is 12.2 Å². The highest BCUT2D eigenvalue weighted by Gasteiger charge is 2.35. The maximum Gasteiger partial charge on any atom is 0.303 e. The minimum Gasteiger partial charge on any atom is -0.453 e. The van der Waals surface area contributed by atoms with Crippen molar-refractivity contribution in [3.8, 4) is 0 Å². The van der Waals surface area contributed by atoms with Gasteiger partial charge in [-0.3, -0.25) is 4.79 Å². The third-order valence-electron chi connectivity index (χ3n) is 1.82. The zero-order chi connectivity index (χ0) is 8.55. The second-order valence-electron chi connectivity index (χ2n) is 2.84. The Morgan fingerprint density at radius 3 is 3.17 bits per heavy atom. The molecule has 0 unspecified atom stereocenters. The van der Waals surface area contributed by atoms with Crippen molar-refractivity contribution in [3.63, 3.8) is 0 Å². The molecule has 0 spiro atoms. The maximum absolute atomic E-state index is 10.6. The predicted octanol–water partition coefficient (Wildman–Crippen LogP) is 0.229. The number of hydrogen-bond donors (Lipinski definition) is 0. The maximum atomic E-state index is 10.6. The fourth-order valence-electron chi connectivity index (χ4n) is 1.32. The average molecular weight is 170 g/mol. The van der Waals surface area contributed by atoms with Gasteiger partial charge in [0.1, 0.15) is 6.10 Å². The number of esters is 1. The summed E-state index contributed by atoms with van der Waals surface area (Å²) in [4.78, 5) is 10.6. The lowest BCUT2D eigenvalue weighted by Crippen LogP contribution is -2.32. The van der Waals surface area contributed by atoms with Crippen LogP contribution in [-0.4, -0.2) is 31.1 Å². The quantitative estimate of drug-likeness (QED) is 0.417. The largest absolute Gasteiger partial charge is 0.453 e. The molecule has 0 aromatic rings. The molecule has 2 aliphatic heterocycles. The van der Waals surface area contributed by atoms with Crippen molar-refractivity contribution in [1.29, 1.82) is 0 Å². The smallest absolute Gasteiger partial charge is 0.303 e. The average Bonchev–Trinajstić information content (AvgIpc) is 2.39. The molecule has 0 aromatic carbocycles. The zero-order valence-corrected chi connectivity index (χ0v) is 6.73. The van der Waals surface area contributed by atoms with Gasteiger partial charge in [-0.1, -0.05) is 6.08 Å². The molecule has 4 nitrogen and oxygen atoms in total. The monoisotopic (exact) mass is 170 g/mol. The first-order valence-corrected chi connectivity index (χ1v) is 3.88. The molecule has 2 heterocycles. The Balaban J connectivity index is 2.02. The van der Waals surface area contributed by atoms with Gasteiger partial charge in [-0.25, -0.2) is 0 Å². The minimum atomic E-state index is -0.399. The van der Waals surface area contributed by atoms with Crippen molar-refractivity contribution >= 4 is 5.97 Å². The highest BCUT2D eigenvalue weighted by atomic mass is 16.7. The predicted molar refractivity (Wildman–Crippen MR) is 39.3 cm³/mol. The number of fused-ring (bicyclic) bond motifs is 2. The van der Waals surface area contributed by atoms with Gasteiger partial charge in [0.2, 0.25) is 0 Å². The van der Waals surface area contributed by atoms with Gasteiger partial charge in [-0.05, 0) is 6.08 Å². The summed E-state index contributed by atoms with van der Waals surface area (Å²) in [7, 11) is 0. The van der Waals surface area contributed by atoms with Crippen molar-refractivity contribution in [2.45, 2.75) is 25.4 Å². The van der Waals surface area contributed by atoms with Gasteiger partial charge in [0, 0.05) is 6.92 Å². The molecule has 1 saturated heterocycles. The zero-order valence-electron chi connectivity index (χ0n) is 6.73. The van der Waals surface area contributed by atoms with E-state index in [9.17, 15) is 4.79 Å². The fraction of sp³-hybridized carbons (Fsp3) is 0.625. The van der Waals surface area contributed by atoms with Crippen LogP contribution in [0, 0.1) is 0 Å². The van der Waals surface area contributed by atoms with Crippen LogP contribution in [0.5, 0.6) is 0 Å². The van der Waals surface area contributed by atoms with Gasteiger partial charge < -0.3 is 14.2 Å². The van der Waals surface area contributed by atoms with Gasteiger partial charge in [0.25, 0.3) is 0 Å². The van der Waals surface area contributed by atoms with Gasteiger partial charge in [-0.15, -0.1) is 0 Å². The molecule has 3 atom stereocenters. The third kappa shape index (κ3) is 1.35. The van der Waals surface area contributed by atoms with Crippen LogP contribution in [0.25, 0.3) is 0 Å². The summed E-state index contributed by atoms with van der Waals surface area (Å²) < 4.78 is 15.5. The lowest BCUT2D eigenvalue weighted by Gasteiger charge is -2.21. The topological polar surface area (TPSA) is 44.8 Å². The van der Waals surface area contributed by atoms with Crippen LogP contribution >= 0.6 is 0 Å². The summed E-state index contributed by atoms with van der Waals surface area (Å²) in [6, 6.07) is 0. The number of hydrogen-bond acceptors (Lipinski definition) is 4. The molecule has 0 N–H and O–H groups in total. The van der Waals surface area contributed by atoms with Crippen LogP contribution in [0.3, 0.4) is 0 Å². The summed E-state index contributed by atoms with van der Waals surface area (Å²) in [5.74, 6) is -0.317. The number of carbonyl (C=O) groups excluding carboxylic acids is 1. The minimum absolute atomic E-state index is 0.0433. The number of ether oxygens (including phenoxy) is 3. The molecular formula is C8H10O4. The first kappa shape index (κ1) is 7.76. The van der Waals surface area contributed by atoms with E-state index in [1.165, 1.54) is 6.92 Å². The molecule has 0 amide bonds. The molecule has 0 aromatic heterocycles. The second-order valence-corrected chi connectivity index (χ2v) is 2.84. The van der Waals surface area contributed by atoms with E-state index >= 15 is 0 Å². The van der Waals surface area contributed by atoms with Crippen molar-refractivity contribution in [2.24, 2.45) is 0 Å². The Labute approximate surface area is 70.1 Å². The summed E-state index contributed by atoms with van der Waals surface area (Å²) in [6.07, 6.45) is 2.94. The first-order chi connectivity index (χ1) is 5.75. The lowest BCUT2D eigenvalue weighted by atomic mass is 10.2. The van der Waals surface area contributed by atoms with Crippen molar-refractivity contribution in [3.05, 3.63) is 12.2 Å². The van der Waals surface area contributed by atoms with E-state index in [0.717, 1.165) is 0 Å². The standard InChI is InChI=1S/C8H10O4/c1-5(9)11-7-3-2-6-4-10-8(7)12-6/h2-3,6-8H,4H2,1H3/t6-,7-,8+/m1/s1. The molecule has 12 heavy (non-hydrogen) atoms. The summed E-state index contributed by atoms with van der Waals surface area (Å²) in [6.45, 7) is 1.92. The molecule has 0 saturated carbocycles. The Morgan fingerprint density at radius 1 is 1.58 bits per heavy atom. The molecule has 0 radical (unpaired) electrons. The Morgan fingerprint density at radius 2 is 2.42 bits per heavy atom. The van der Waals surface area contributed by atoms with Crippen molar-refractivity contribution in [2.75, 3.05) is 6.61 Å². The lowest BCUT2D eigenvalue weighted by molar-refractivity contribution is -0.167. The van der Waals surface area contributed by atoms with Crippen LogP contribution < -0.4 is 0 Å². The molecule has 66 valence electrons. The summed E-state index contributed by atoms with van der Waals surface area (Å²) >= 11 is 0. The summed E-state index contributed by atoms with van der Waals surface area (Å²) in [5, 5.41) is 0. The molecular weight excluding hydrogens is 160 g/mol. The van der Waals surface area contributed by atoms with Crippen molar-refractivity contribution in [1.82, 2.24) is 0 Å². The Bertz CT molecular complexity index is 223. The molecule has 1 fully saturated rings. The van der Waals surface area contributed by atoms with Crippen LogP contribution in [0.2, 0.25) is 0 Å². The SMILES string of the molecule is CC(=O)O[C@@H]1C=C[C@@H]2CO[C@H]1O2. The van der Waals surface area contributed by atoms with Gasteiger partial charge in [-0.2, -0.15) is 0 Å². The first-order valence-electron chi connectivity index (χ1n) is 3.88. The highest BCUT2D eigenvalue weighted by molar-refractivity contribution is 5.66. The van der Waals surface area contributed by atoms with E-state index in [-0.39, 0.29) is 18.2 Å². The van der Waals surface area contributed by atoms with E-state index in [1.54, 1.807) is 0 Å². The van der Waals surface area contributed by atoms with Crippen molar-refractivity contribution < 1.29 is 19.0 Å². The van der Waals surface area contributed by atoms with Crippen LogP contribution in [0.4, 0.5) is 0 Å². The van der Waals surface area contributed by atoms with Gasteiger partial charge in [0.15, 0.2) is 12.4 Å². The molecule has 4 heteroatoms. The molecule has 2 bridgehead atoms. The Hall–Kier alpha value is -0.870. The van der Waals surface area contributed by atoms with Crippen LogP contribution in [0.1, 0.15) is 6.92 Å². The second kappa shape index (κ2) is 2.88. The summed E-state index contributed by atoms with van der Waals surface area (Å²) in [5.41, 5.74) is 0. The van der Waals surface area contributed by atoms with E-state index in [2.05, 4.69) is 0 Å². The third-order valence-corrected chi connectivity index (χ3v) is 1.82. The molecule has 2 rings (SSSR count). The van der Waals surface area contributed by atoms with Crippen LogP contribution in [0.15, 0.2) is 12.2 Å². The van der Waals surface area contributed by atoms with E-state index in [4.69, 9.17) is 14.2 Å². The van der Waals surface area contributed by atoms with Gasteiger partial charge in [0.05, 0.1) is 6.61 Å². The van der Waals surface area contributed by atoms with E-state index in [0.29, 0.717) is 6.61 Å². The number of rotatable bonds is 1. The van der Waals surface area contributed by atoms with Crippen LogP contribution in [-0.2, 0) is 19.0 Å².